The van der Waals surface area contributed by atoms with Crippen molar-refractivity contribution in [2.24, 2.45) is 0 Å². The van der Waals surface area contributed by atoms with Gasteiger partial charge in [-0.3, -0.25) is 0 Å². The molecule has 0 bridgehead atoms. The molecule has 7 heteroatoms. The molecule has 1 atom stereocenters. The molecule has 0 N–H and O–H groups in total. The molecule has 2 aromatic heterocycles. The summed E-state index contributed by atoms with van der Waals surface area (Å²) in [5.74, 6) is 0.492. The van der Waals surface area contributed by atoms with Gasteiger partial charge in [-0.05, 0) is 42.0 Å². The summed E-state index contributed by atoms with van der Waals surface area (Å²) in [6.45, 7) is 1.68. The number of hydrogen-bond donors (Lipinski definition) is 0. The van der Waals surface area contributed by atoms with Crippen molar-refractivity contribution in [3.05, 3.63) is 83.8 Å². The molecule has 0 radical (unpaired) electrons. The summed E-state index contributed by atoms with van der Waals surface area (Å²) in [5.41, 5.74) is 3.82. The second-order valence-electron chi connectivity index (χ2n) is 7.14. The van der Waals surface area contributed by atoms with Crippen LogP contribution in [0.25, 0.3) is 16.9 Å². The zero-order valence-electron chi connectivity index (χ0n) is 16.1. The summed E-state index contributed by atoms with van der Waals surface area (Å²) >= 11 is 0. The molecule has 148 valence electrons. The quantitative estimate of drug-likeness (QED) is 0.521. The number of imidazole rings is 1. The lowest BCUT2D eigenvalue weighted by Gasteiger charge is -2.36. The molecule has 1 fully saturated rings. The number of anilines is 1. The molecule has 6 nitrogen and oxygen atoms in total. The second kappa shape index (κ2) is 7.58. The Kier molecular flexibility index (Phi) is 4.62. The Balaban J connectivity index is 1.57. The fourth-order valence-corrected chi connectivity index (χ4v) is 3.83. The molecular formula is C23H18FN5O. The smallest absolute Gasteiger partial charge is 0.154 e. The van der Waals surface area contributed by atoms with Crippen LogP contribution in [-0.4, -0.2) is 34.4 Å². The van der Waals surface area contributed by atoms with E-state index in [2.05, 4.69) is 16.0 Å². The summed E-state index contributed by atoms with van der Waals surface area (Å²) in [6, 6.07) is 19.8. The first kappa shape index (κ1) is 18.3. The Bertz CT molecular complexity index is 1260. The van der Waals surface area contributed by atoms with E-state index >= 15 is 0 Å². The van der Waals surface area contributed by atoms with Crippen molar-refractivity contribution < 1.29 is 9.13 Å². The summed E-state index contributed by atoms with van der Waals surface area (Å²) in [6.07, 6.45) is 1.76. The van der Waals surface area contributed by atoms with Gasteiger partial charge in [0.25, 0.3) is 0 Å². The molecule has 1 unspecified atom stereocenters. The monoisotopic (exact) mass is 399 g/mol. The molecule has 5 rings (SSSR count). The van der Waals surface area contributed by atoms with E-state index < -0.39 is 0 Å². The predicted molar refractivity (Wildman–Crippen MR) is 110 cm³/mol. The van der Waals surface area contributed by atoms with Crippen LogP contribution in [0.15, 0.2) is 66.9 Å². The topological polar surface area (TPSA) is 66.5 Å². The van der Waals surface area contributed by atoms with Gasteiger partial charge >= 0.3 is 0 Å². The van der Waals surface area contributed by atoms with Gasteiger partial charge < -0.3 is 9.64 Å². The molecular weight excluding hydrogens is 381 g/mol. The Labute approximate surface area is 172 Å². The zero-order valence-corrected chi connectivity index (χ0v) is 16.1. The maximum Gasteiger partial charge on any atom is 0.154 e. The number of nitrogens with zero attached hydrogens (tertiary/aromatic N) is 5. The molecule has 1 aliphatic rings. The van der Waals surface area contributed by atoms with Crippen LogP contribution in [-0.2, 0) is 4.74 Å². The van der Waals surface area contributed by atoms with Gasteiger partial charge in [-0.15, -0.1) is 5.10 Å². The van der Waals surface area contributed by atoms with E-state index in [4.69, 9.17) is 9.84 Å². The Morgan fingerprint density at radius 2 is 2.00 bits per heavy atom. The molecule has 1 saturated heterocycles. The van der Waals surface area contributed by atoms with Gasteiger partial charge in [0, 0.05) is 12.1 Å². The highest BCUT2D eigenvalue weighted by atomic mass is 19.1. The number of ether oxygens (including phenoxy) is 1. The normalized spacial score (nSPS) is 16.5. The van der Waals surface area contributed by atoms with Crippen LogP contribution in [0.4, 0.5) is 10.2 Å². The molecule has 0 amide bonds. The third-order valence-electron chi connectivity index (χ3n) is 5.29. The van der Waals surface area contributed by atoms with Gasteiger partial charge in [-0.25, -0.2) is 13.9 Å². The number of nitriles is 1. The van der Waals surface area contributed by atoms with E-state index in [9.17, 15) is 9.65 Å². The van der Waals surface area contributed by atoms with E-state index in [1.807, 2.05) is 36.4 Å². The van der Waals surface area contributed by atoms with E-state index in [-0.39, 0.29) is 11.9 Å². The van der Waals surface area contributed by atoms with Crippen molar-refractivity contribution in [3.63, 3.8) is 0 Å². The third-order valence-corrected chi connectivity index (χ3v) is 5.29. The number of aromatic nitrogens is 3. The van der Waals surface area contributed by atoms with Gasteiger partial charge in [0.1, 0.15) is 11.6 Å². The lowest BCUT2D eigenvalue weighted by molar-refractivity contribution is 0.0935. The highest BCUT2D eigenvalue weighted by molar-refractivity contribution is 5.65. The maximum absolute atomic E-state index is 13.8. The van der Waals surface area contributed by atoms with Crippen LogP contribution < -0.4 is 4.90 Å². The lowest BCUT2D eigenvalue weighted by atomic mass is 10.0. The average Bonchev–Trinajstić information content (AvgIpc) is 3.22. The number of hydrogen-bond acceptors (Lipinski definition) is 5. The summed E-state index contributed by atoms with van der Waals surface area (Å²) in [7, 11) is 0. The van der Waals surface area contributed by atoms with E-state index in [0.29, 0.717) is 31.0 Å². The van der Waals surface area contributed by atoms with Crippen molar-refractivity contribution in [3.8, 4) is 17.3 Å². The Hall–Kier alpha value is -3.76. The van der Waals surface area contributed by atoms with Gasteiger partial charge in [0.2, 0.25) is 0 Å². The van der Waals surface area contributed by atoms with Crippen molar-refractivity contribution in [2.45, 2.75) is 6.04 Å². The first-order chi connectivity index (χ1) is 14.7. The molecule has 4 aromatic rings. The minimum atomic E-state index is -0.268. The highest BCUT2D eigenvalue weighted by Gasteiger charge is 2.26. The van der Waals surface area contributed by atoms with Gasteiger partial charge in [0.05, 0.1) is 42.8 Å². The van der Waals surface area contributed by atoms with E-state index in [1.54, 1.807) is 28.9 Å². The second-order valence-corrected chi connectivity index (χ2v) is 7.14. The first-order valence-corrected chi connectivity index (χ1v) is 9.68. The fraction of sp³-hybridized carbons (Fsp3) is 0.174. The number of morpholine rings is 1. The lowest BCUT2D eigenvalue weighted by Crippen LogP contribution is -2.40. The molecule has 0 spiro atoms. The Morgan fingerprint density at radius 3 is 2.87 bits per heavy atom. The Morgan fingerprint density at radius 1 is 1.10 bits per heavy atom. The number of rotatable bonds is 3. The largest absolute Gasteiger partial charge is 0.377 e. The molecule has 0 saturated carbocycles. The highest BCUT2D eigenvalue weighted by Crippen LogP contribution is 2.30. The number of halogens is 1. The van der Waals surface area contributed by atoms with Crippen LogP contribution in [0.3, 0.4) is 0 Å². The summed E-state index contributed by atoms with van der Waals surface area (Å²) in [5, 5.41) is 14.0. The van der Waals surface area contributed by atoms with Crippen LogP contribution in [0.2, 0.25) is 0 Å². The van der Waals surface area contributed by atoms with E-state index in [0.717, 1.165) is 22.6 Å². The first-order valence-electron chi connectivity index (χ1n) is 9.68. The van der Waals surface area contributed by atoms with Crippen LogP contribution in [0, 0.1) is 17.1 Å². The van der Waals surface area contributed by atoms with Crippen LogP contribution in [0.1, 0.15) is 17.2 Å². The summed E-state index contributed by atoms with van der Waals surface area (Å²) in [4.78, 5) is 6.58. The average molecular weight is 399 g/mol. The maximum atomic E-state index is 13.8. The van der Waals surface area contributed by atoms with Crippen molar-refractivity contribution in [1.82, 2.24) is 14.6 Å². The predicted octanol–water partition coefficient (Wildman–Crippen LogP) is 3.98. The minimum Gasteiger partial charge on any atom is -0.377 e. The number of fused-ring (bicyclic) bond motifs is 1. The minimum absolute atomic E-state index is 0.131. The molecule has 30 heavy (non-hydrogen) atoms. The van der Waals surface area contributed by atoms with Gasteiger partial charge in [-0.1, -0.05) is 24.3 Å². The van der Waals surface area contributed by atoms with Crippen molar-refractivity contribution in [1.29, 1.82) is 5.26 Å². The SMILES string of the molecule is N#Cc1cccc(-c2cnc3ccc(N4CCOCC4c4cccc(F)c4)nn23)c1. The third kappa shape index (κ3) is 3.27. The standard InChI is InChI=1S/C23H18FN5O/c24-19-6-2-5-18(12-19)21-15-30-10-9-28(21)23-8-7-22-26-14-20(29(22)27-23)17-4-1-3-16(11-17)13-25/h1-8,11-12,14,21H,9-10,15H2. The van der Waals surface area contributed by atoms with Crippen LogP contribution >= 0.6 is 0 Å². The molecule has 0 aliphatic carbocycles. The molecule has 3 heterocycles. The van der Waals surface area contributed by atoms with Crippen molar-refractivity contribution >= 4 is 11.5 Å². The molecule has 1 aliphatic heterocycles. The zero-order chi connectivity index (χ0) is 20.5. The van der Waals surface area contributed by atoms with Crippen molar-refractivity contribution in [2.75, 3.05) is 24.7 Å². The molecule has 2 aromatic carbocycles. The van der Waals surface area contributed by atoms with E-state index in [1.165, 1.54) is 6.07 Å². The summed E-state index contributed by atoms with van der Waals surface area (Å²) < 4.78 is 21.3. The van der Waals surface area contributed by atoms with Gasteiger partial charge in [-0.2, -0.15) is 5.26 Å². The fourth-order valence-electron chi connectivity index (χ4n) is 3.83. The number of benzene rings is 2. The van der Waals surface area contributed by atoms with Gasteiger partial charge in [0.15, 0.2) is 5.65 Å². The van der Waals surface area contributed by atoms with Crippen LogP contribution in [0.5, 0.6) is 0 Å².